The molecule has 3 aromatic rings. The maximum absolute atomic E-state index is 12.7. The molecular formula is C19H17ClN4O4. The zero-order valence-electron chi connectivity index (χ0n) is 14.8. The van der Waals surface area contributed by atoms with Crippen LogP contribution in [0.2, 0.25) is 5.02 Å². The summed E-state index contributed by atoms with van der Waals surface area (Å²) < 4.78 is 10.9. The van der Waals surface area contributed by atoms with Gasteiger partial charge in [0.15, 0.2) is 0 Å². The van der Waals surface area contributed by atoms with Gasteiger partial charge in [-0.25, -0.2) is 4.98 Å². The smallest absolute Gasteiger partial charge is 0.294 e. The van der Waals surface area contributed by atoms with E-state index in [-0.39, 0.29) is 17.4 Å². The summed E-state index contributed by atoms with van der Waals surface area (Å²) in [7, 11) is 0. The number of morpholine rings is 1. The molecule has 0 spiro atoms. The first-order valence-electron chi connectivity index (χ1n) is 8.65. The number of aromatic nitrogens is 1. The molecule has 9 heteroatoms. The van der Waals surface area contributed by atoms with E-state index in [1.54, 1.807) is 35.2 Å². The van der Waals surface area contributed by atoms with Gasteiger partial charge in [0.1, 0.15) is 11.4 Å². The van der Waals surface area contributed by atoms with Crippen LogP contribution < -0.4 is 11.1 Å². The molecule has 0 radical (unpaired) electrons. The van der Waals surface area contributed by atoms with Gasteiger partial charge in [0.05, 0.1) is 23.9 Å². The molecule has 3 heterocycles. The number of nitrogens with zero attached hydrogens (tertiary/aromatic N) is 2. The highest BCUT2D eigenvalue weighted by atomic mass is 35.5. The first kappa shape index (κ1) is 18.3. The fraction of sp³-hybridized carbons (Fsp3) is 0.211. The molecule has 0 aliphatic carbocycles. The molecule has 8 nitrogen and oxygen atoms in total. The van der Waals surface area contributed by atoms with Crippen molar-refractivity contribution in [1.29, 1.82) is 0 Å². The Morgan fingerprint density at radius 2 is 1.96 bits per heavy atom. The minimum Gasteiger partial charge on any atom is -0.449 e. The van der Waals surface area contributed by atoms with Gasteiger partial charge in [0, 0.05) is 30.2 Å². The van der Waals surface area contributed by atoms with Crippen LogP contribution in [0, 0.1) is 0 Å². The van der Waals surface area contributed by atoms with E-state index in [2.05, 4.69) is 10.3 Å². The molecule has 1 aromatic carbocycles. The average molecular weight is 401 g/mol. The summed E-state index contributed by atoms with van der Waals surface area (Å²) in [5.74, 6) is -0.369. The summed E-state index contributed by atoms with van der Waals surface area (Å²) in [4.78, 5) is 30.9. The summed E-state index contributed by atoms with van der Waals surface area (Å²) in [5, 5.41) is 3.57. The number of carbonyl (C=O) groups excluding carboxylic acids is 2. The predicted octanol–water partition coefficient (Wildman–Crippen LogP) is 2.79. The number of ether oxygens (including phenoxy) is 1. The zero-order valence-corrected chi connectivity index (χ0v) is 15.5. The highest BCUT2D eigenvalue weighted by Crippen LogP contribution is 2.30. The van der Waals surface area contributed by atoms with Crippen LogP contribution in [0.15, 0.2) is 40.9 Å². The van der Waals surface area contributed by atoms with Crippen LogP contribution >= 0.6 is 11.6 Å². The van der Waals surface area contributed by atoms with Crippen molar-refractivity contribution in [1.82, 2.24) is 9.88 Å². The monoisotopic (exact) mass is 400 g/mol. The number of anilines is 2. The van der Waals surface area contributed by atoms with E-state index in [1.807, 2.05) is 0 Å². The van der Waals surface area contributed by atoms with Crippen molar-refractivity contribution >= 4 is 45.9 Å². The van der Waals surface area contributed by atoms with E-state index in [0.717, 1.165) is 0 Å². The predicted molar refractivity (Wildman–Crippen MR) is 105 cm³/mol. The number of benzene rings is 1. The van der Waals surface area contributed by atoms with Crippen LogP contribution in [0.4, 0.5) is 11.5 Å². The highest BCUT2D eigenvalue weighted by Gasteiger charge is 2.22. The van der Waals surface area contributed by atoms with E-state index in [1.165, 1.54) is 6.20 Å². The summed E-state index contributed by atoms with van der Waals surface area (Å²) in [6.07, 6.45) is 1.42. The number of rotatable bonds is 3. The maximum Gasteiger partial charge on any atom is 0.294 e. The Balaban J connectivity index is 1.60. The molecule has 0 atom stereocenters. The SMILES string of the molecule is Nc1c(C(=O)Nc2ccc(Cl)cn2)oc2ccc(C(=O)N3CCOCC3)cc12. The second kappa shape index (κ2) is 7.49. The average Bonchev–Trinajstić information content (AvgIpc) is 3.06. The van der Waals surface area contributed by atoms with Crippen LogP contribution in [0.1, 0.15) is 20.9 Å². The summed E-state index contributed by atoms with van der Waals surface area (Å²) in [5.41, 5.74) is 7.19. The lowest BCUT2D eigenvalue weighted by molar-refractivity contribution is 0.0303. The van der Waals surface area contributed by atoms with Gasteiger partial charge in [-0.15, -0.1) is 0 Å². The fourth-order valence-electron chi connectivity index (χ4n) is 2.99. The lowest BCUT2D eigenvalue weighted by atomic mass is 10.1. The van der Waals surface area contributed by atoms with Crippen LogP contribution in [0.5, 0.6) is 0 Å². The Hall–Kier alpha value is -3.10. The van der Waals surface area contributed by atoms with Crippen molar-refractivity contribution in [3.05, 3.63) is 52.9 Å². The molecule has 2 aromatic heterocycles. The molecular weight excluding hydrogens is 384 g/mol. The van der Waals surface area contributed by atoms with E-state index in [4.69, 9.17) is 26.5 Å². The molecule has 4 rings (SSSR count). The van der Waals surface area contributed by atoms with Crippen molar-refractivity contribution in [2.75, 3.05) is 37.4 Å². The molecule has 0 bridgehead atoms. The molecule has 1 aliphatic rings. The van der Waals surface area contributed by atoms with Gasteiger partial charge in [0.2, 0.25) is 5.76 Å². The number of hydrogen-bond acceptors (Lipinski definition) is 6. The van der Waals surface area contributed by atoms with Gasteiger partial charge >= 0.3 is 0 Å². The minimum absolute atomic E-state index is 0.0391. The van der Waals surface area contributed by atoms with Gasteiger partial charge in [-0.1, -0.05) is 11.6 Å². The van der Waals surface area contributed by atoms with Crippen molar-refractivity contribution in [2.24, 2.45) is 0 Å². The van der Waals surface area contributed by atoms with E-state index < -0.39 is 5.91 Å². The van der Waals surface area contributed by atoms with Gasteiger partial charge in [0.25, 0.3) is 11.8 Å². The first-order valence-corrected chi connectivity index (χ1v) is 9.02. The van der Waals surface area contributed by atoms with Crippen LogP contribution in [0.25, 0.3) is 11.0 Å². The number of amides is 2. The van der Waals surface area contributed by atoms with Gasteiger partial charge < -0.3 is 25.1 Å². The maximum atomic E-state index is 12.7. The molecule has 1 fully saturated rings. The molecule has 28 heavy (non-hydrogen) atoms. The topological polar surface area (TPSA) is 111 Å². The number of hydrogen-bond donors (Lipinski definition) is 2. The zero-order chi connectivity index (χ0) is 19.7. The number of carbonyl (C=O) groups is 2. The molecule has 3 N–H and O–H groups in total. The first-order chi connectivity index (χ1) is 13.5. The lowest BCUT2D eigenvalue weighted by Gasteiger charge is -2.26. The van der Waals surface area contributed by atoms with Gasteiger partial charge in [-0.2, -0.15) is 0 Å². The Morgan fingerprint density at radius 1 is 1.18 bits per heavy atom. The minimum atomic E-state index is -0.537. The van der Waals surface area contributed by atoms with E-state index >= 15 is 0 Å². The number of pyridine rings is 1. The Labute approximate surface area is 165 Å². The molecule has 1 aliphatic heterocycles. The third-order valence-corrected chi connectivity index (χ3v) is 4.67. The van der Waals surface area contributed by atoms with E-state index in [9.17, 15) is 9.59 Å². The molecule has 0 saturated carbocycles. The molecule has 0 unspecified atom stereocenters. The highest BCUT2D eigenvalue weighted by molar-refractivity contribution is 6.30. The Kier molecular flexibility index (Phi) is 4.89. The van der Waals surface area contributed by atoms with Crippen LogP contribution in [-0.2, 0) is 4.74 Å². The van der Waals surface area contributed by atoms with E-state index in [0.29, 0.717) is 53.7 Å². The van der Waals surface area contributed by atoms with Crippen LogP contribution in [0.3, 0.4) is 0 Å². The summed E-state index contributed by atoms with van der Waals surface area (Å²) >= 11 is 5.79. The third kappa shape index (κ3) is 3.51. The van der Waals surface area contributed by atoms with Gasteiger partial charge in [-0.05, 0) is 30.3 Å². The quantitative estimate of drug-likeness (QED) is 0.699. The van der Waals surface area contributed by atoms with Crippen molar-refractivity contribution in [3.8, 4) is 0 Å². The summed E-state index contributed by atoms with van der Waals surface area (Å²) in [6, 6.07) is 8.11. The van der Waals surface area contributed by atoms with Crippen molar-refractivity contribution in [2.45, 2.75) is 0 Å². The second-order valence-corrected chi connectivity index (χ2v) is 6.71. The van der Waals surface area contributed by atoms with Gasteiger partial charge in [-0.3, -0.25) is 9.59 Å². The fourth-order valence-corrected chi connectivity index (χ4v) is 3.10. The Morgan fingerprint density at radius 3 is 2.68 bits per heavy atom. The van der Waals surface area contributed by atoms with Crippen molar-refractivity contribution < 1.29 is 18.7 Å². The molecule has 144 valence electrons. The largest absolute Gasteiger partial charge is 0.449 e. The number of furan rings is 1. The number of halogens is 1. The Bertz CT molecular complexity index is 1040. The normalized spacial score (nSPS) is 14.2. The third-order valence-electron chi connectivity index (χ3n) is 4.45. The number of nitrogens with two attached hydrogens (primary N) is 1. The number of nitrogen functional groups attached to an aromatic ring is 1. The molecule has 2 amide bonds. The lowest BCUT2D eigenvalue weighted by Crippen LogP contribution is -2.40. The summed E-state index contributed by atoms with van der Waals surface area (Å²) in [6.45, 7) is 2.12. The van der Waals surface area contributed by atoms with Crippen LogP contribution in [-0.4, -0.2) is 48.0 Å². The van der Waals surface area contributed by atoms with Crippen molar-refractivity contribution in [3.63, 3.8) is 0 Å². The second-order valence-electron chi connectivity index (χ2n) is 6.28. The standard InChI is InChI=1S/C19H17ClN4O4/c20-12-2-4-15(22-10-12)23-18(25)17-16(21)13-9-11(1-3-14(13)28-17)19(26)24-5-7-27-8-6-24/h1-4,9-10H,5-8,21H2,(H,22,23,25). The number of nitrogens with one attached hydrogen (secondary N) is 1. The molecule has 1 saturated heterocycles. The number of fused-ring (bicyclic) bond motifs is 1.